The number of aryl methyl sites for hydroxylation is 1. The van der Waals surface area contributed by atoms with E-state index >= 15 is 0 Å². The maximum absolute atomic E-state index is 12.6. The number of rotatable bonds is 7. The summed E-state index contributed by atoms with van der Waals surface area (Å²) in [6.07, 6.45) is 0. The number of nitrogens with zero attached hydrogens (tertiary/aromatic N) is 2. The van der Waals surface area contributed by atoms with E-state index in [4.69, 9.17) is 51.5 Å². The molecule has 1 aliphatic rings. The number of carboxylic acid groups (broad SMARTS) is 2. The first kappa shape index (κ1) is 32.5. The summed E-state index contributed by atoms with van der Waals surface area (Å²) in [6, 6.07) is 11.1. The Balaban J connectivity index is 0.000000794. The molecular formula is C24H33ClN4O8S. The van der Waals surface area contributed by atoms with Gasteiger partial charge in [-0.2, -0.15) is 8.42 Å². The molecule has 0 aromatic heterocycles. The van der Waals surface area contributed by atoms with Gasteiger partial charge in [0.1, 0.15) is 23.0 Å². The maximum atomic E-state index is 12.6. The molecule has 0 atom stereocenters. The van der Waals surface area contributed by atoms with E-state index in [0.717, 1.165) is 45.6 Å². The van der Waals surface area contributed by atoms with Crippen LogP contribution in [0, 0.1) is 12.3 Å². The van der Waals surface area contributed by atoms with Gasteiger partial charge >= 0.3 is 10.1 Å². The van der Waals surface area contributed by atoms with Gasteiger partial charge in [0, 0.05) is 52.6 Å². The lowest BCUT2D eigenvalue weighted by Crippen LogP contribution is -2.51. The molecule has 1 saturated heterocycles. The minimum atomic E-state index is -4.06. The van der Waals surface area contributed by atoms with Crippen molar-refractivity contribution in [3.63, 3.8) is 0 Å². The molecule has 3 rings (SSSR count). The SMILES string of the molecule is CC(=O)O.CC(=O)O.Cc1cc(OCCN2CCN(C(=N)N)CC2)cc(OS(=O)(=O)c2ccccc2Cl)c1. The van der Waals surface area contributed by atoms with Crippen LogP contribution >= 0.6 is 11.6 Å². The molecule has 12 nitrogen and oxygen atoms in total. The number of aliphatic carboxylic acids is 2. The third-order valence-corrected chi connectivity index (χ3v) is 6.47. The van der Waals surface area contributed by atoms with E-state index in [9.17, 15) is 8.42 Å². The van der Waals surface area contributed by atoms with Gasteiger partial charge in [0.2, 0.25) is 0 Å². The van der Waals surface area contributed by atoms with Crippen LogP contribution in [0.25, 0.3) is 0 Å². The Bertz CT molecular complexity index is 1180. The highest BCUT2D eigenvalue weighted by Crippen LogP contribution is 2.28. The van der Waals surface area contributed by atoms with Gasteiger partial charge < -0.3 is 29.8 Å². The number of hydrogen-bond donors (Lipinski definition) is 4. The Hall–Kier alpha value is -3.55. The van der Waals surface area contributed by atoms with Crippen molar-refractivity contribution in [2.45, 2.75) is 25.7 Å². The average Bonchev–Trinajstić information content (AvgIpc) is 2.78. The first-order chi connectivity index (χ1) is 17.7. The molecule has 1 heterocycles. The van der Waals surface area contributed by atoms with Gasteiger partial charge in [0.15, 0.2) is 5.96 Å². The van der Waals surface area contributed by atoms with Crippen LogP contribution in [0.4, 0.5) is 0 Å². The van der Waals surface area contributed by atoms with Crippen LogP contribution in [0.15, 0.2) is 47.4 Å². The molecule has 14 heteroatoms. The normalized spacial score (nSPS) is 13.2. The molecule has 0 bridgehead atoms. The summed E-state index contributed by atoms with van der Waals surface area (Å²) in [5.74, 6) is -0.869. The van der Waals surface area contributed by atoms with Crippen molar-refractivity contribution in [1.82, 2.24) is 9.80 Å². The van der Waals surface area contributed by atoms with Crippen LogP contribution in [0.2, 0.25) is 5.02 Å². The first-order valence-electron chi connectivity index (χ1n) is 11.3. The largest absolute Gasteiger partial charge is 0.492 e. The molecule has 210 valence electrons. The van der Waals surface area contributed by atoms with E-state index in [2.05, 4.69) is 4.90 Å². The van der Waals surface area contributed by atoms with E-state index in [1.54, 1.807) is 24.3 Å². The van der Waals surface area contributed by atoms with E-state index in [0.29, 0.717) is 18.9 Å². The molecule has 38 heavy (non-hydrogen) atoms. The number of nitrogens with one attached hydrogen (secondary N) is 1. The predicted molar refractivity (Wildman–Crippen MR) is 142 cm³/mol. The quantitative estimate of drug-likeness (QED) is 0.217. The highest BCUT2D eigenvalue weighted by molar-refractivity contribution is 7.87. The summed E-state index contributed by atoms with van der Waals surface area (Å²) in [7, 11) is -4.06. The van der Waals surface area contributed by atoms with E-state index in [-0.39, 0.29) is 21.6 Å². The lowest BCUT2D eigenvalue weighted by molar-refractivity contribution is -0.135. The second-order valence-corrected chi connectivity index (χ2v) is 9.97. The summed E-state index contributed by atoms with van der Waals surface area (Å²) in [4.78, 5) is 22.0. The first-order valence-corrected chi connectivity index (χ1v) is 13.1. The van der Waals surface area contributed by atoms with Crippen LogP contribution in [-0.2, 0) is 19.7 Å². The third kappa shape index (κ3) is 12.6. The van der Waals surface area contributed by atoms with Crippen molar-refractivity contribution in [2.24, 2.45) is 5.73 Å². The van der Waals surface area contributed by atoms with Gasteiger partial charge in [0.25, 0.3) is 11.9 Å². The highest BCUT2D eigenvalue weighted by atomic mass is 35.5. The van der Waals surface area contributed by atoms with Crippen molar-refractivity contribution >= 4 is 39.6 Å². The molecule has 0 aliphatic carbocycles. The van der Waals surface area contributed by atoms with Gasteiger partial charge in [-0.3, -0.25) is 19.9 Å². The number of carboxylic acids is 2. The predicted octanol–water partition coefficient (Wildman–Crippen LogP) is 2.49. The zero-order valence-corrected chi connectivity index (χ0v) is 23.0. The third-order valence-electron chi connectivity index (χ3n) is 4.73. The monoisotopic (exact) mass is 572 g/mol. The van der Waals surface area contributed by atoms with Crippen LogP contribution in [0.3, 0.4) is 0 Å². The maximum Gasteiger partial charge on any atom is 0.340 e. The zero-order valence-electron chi connectivity index (χ0n) is 21.4. The van der Waals surface area contributed by atoms with Gasteiger partial charge in [0.05, 0.1) is 5.02 Å². The lowest BCUT2D eigenvalue weighted by Gasteiger charge is -2.34. The van der Waals surface area contributed by atoms with Crippen LogP contribution < -0.4 is 14.7 Å². The van der Waals surface area contributed by atoms with E-state index in [1.165, 1.54) is 12.1 Å². The molecular weight excluding hydrogens is 540 g/mol. The van der Waals surface area contributed by atoms with Gasteiger partial charge in [-0.25, -0.2) is 0 Å². The standard InChI is InChI=1S/C20H25ClN4O4S.2C2H4O2/c1-15-12-16(28-11-10-24-6-8-25(9-7-24)20(22)23)14-17(13-15)29-30(26,27)19-5-3-2-4-18(19)21;2*1-2(3)4/h2-5,12-14H,6-11H2,1H3,(H3,22,23);2*1H3,(H,3,4). The number of nitrogens with two attached hydrogens (primary N) is 1. The van der Waals surface area contributed by atoms with Crippen molar-refractivity contribution in [2.75, 3.05) is 39.3 Å². The Morgan fingerprint density at radius 2 is 1.55 bits per heavy atom. The topological polar surface area (TPSA) is 184 Å². The van der Waals surface area contributed by atoms with Crippen molar-refractivity contribution in [3.8, 4) is 11.5 Å². The smallest absolute Gasteiger partial charge is 0.340 e. The molecule has 2 aromatic rings. The lowest BCUT2D eigenvalue weighted by atomic mass is 10.2. The molecule has 1 fully saturated rings. The molecule has 5 N–H and O–H groups in total. The number of carbonyl (C=O) groups is 2. The van der Waals surface area contributed by atoms with Crippen molar-refractivity contribution in [1.29, 1.82) is 5.41 Å². The van der Waals surface area contributed by atoms with Crippen LogP contribution in [0.5, 0.6) is 11.5 Å². The summed E-state index contributed by atoms with van der Waals surface area (Å²) in [6.45, 7) is 8.22. The second-order valence-electron chi connectivity index (χ2n) is 8.05. The fourth-order valence-corrected chi connectivity index (χ4v) is 4.58. The molecule has 0 amide bonds. The molecule has 0 saturated carbocycles. The molecule has 0 spiro atoms. The second kappa shape index (κ2) is 15.6. The van der Waals surface area contributed by atoms with E-state index in [1.807, 2.05) is 17.9 Å². The fraction of sp³-hybridized carbons (Fsp3) is 0.375. The Morgan fingerprint density at radius 1 is 1.03 bits per heavy atom. The van der Waals surface area contributed by atoms with E-state index < -0.39 is 22.1 Å². The Labute approximate surface area is 227 Å². The summed E-state index contributed by atoms with van der Waals surface area (Å²) >= 11 is 6.00. The summed E-state index contributed by atoms with van der Waals surface area (Å²) in [5, 5.41) is 22.4. The fourth-order valence-electron chi connectivity index (χ4n) is 3.17. The highest BCUT2D eigenvalue weighted by Gasteiger charge is 2.21. The average molecular weight is 573 g/mol. The van der Waals surface area contributed by atoms with Crippen LogP contribution in [0.1, 0.15) is 19.4 Å². The number of halogens is 1. The van der Waals surface area contributed by atoms with Gasteiger partial charge in [-0.05, 0) is 36.8 Å². The molecule has 1 aliphatic heterocycles. The van der Waals surface area contributed by atoms with Crippen molar-refractivity contribution in [3.05, 3.63) is 53.1 Å². The minimum Gasteiger partial charge on any atom is -0.492 e. The summed E-state index contributed by atoms with van der Waals surface area (Å²) in [5.41, 5.74) is 6.32. The van der Waals surface area contributed by atoms with Gasteiger partial charge in [-0.15, -0.1) is 0 Å². The number of piperazine rings is 1. The van der Waals surface area contributed by atoms with Crippen LogP contribution in [-0.4, -0.2) is 85.7 Å². The zero-order chi connectivity index (χ0) is 28.9. The Kier molecular flexibility index (Phi) is 13.4. The number of hydrogen-bond acceptors (Lipinski definition) is 8. The minimum absolute atomic E-state index is 0.0830. The number of guanidine groups is 1. The van der Waals surface area contributed by atoms with Crippen molar-refractivity contribution < 1.29 is 37.1 Å². The summed E-state index contributed by atoms with van der Waals surface area (Å²) < 4.78 is 36.2. The number of ether oxygens (including phenoxy) is 1. The van der Waals surface area contributed by atoms with Gasteiger partial charge in [-0.1, -0.05) is 23.7 Å². The molecule has 0 radical (unpaired) electrons. The number of benzene rings is 2. The Morgan fingerprint density at radius 3 is 2.08 bits per heavy atom. The molecule has 2 aromatic carbocycles. The molecule has 0 unspecified atom stereocenters.